The summed E-state index contributed by atoms with van der Waals surface area (Å²) in [6.07, 6.45) is 1.62. The quantitative estimate of drug-likeness (QED) is 0.685. The topological polar surface area (TPSA) is 41.9 Å². The molecule has 0 unspecified atom stereocenters. The Balaban J connectivity index is 2.17. The normalized spacial score (nSPS) is 9.29. The van der Waals surface area contributed by atoms with E-state index in [1.54, 1.807) is 11.1 Å². The Bertz CT molecular complexity index is 535. The second-order valence-electron chi connectivity index (χ2n) is 3.65. The first kappa shape index (κ1) is 11.1. The third-order valence-corrected chi connectivity index (χ3v) is 2.06. The molecule has 0 saturated carbocycles. The fraction of sp³-hybridized carbons (Fsp3) is 0.154. The minimum Gasteiger partial charge on any atom is -0.346 e. The fourth-order valence-electron chi connectivity index (χ4n) is 1.19. The van der Waals surface area contributed by atoms with Crippen LogP contribution in [-0.2, 0) is 0 Å². The van der Waals surface area contributed by atoms with Crippen molar-refractivity contribution >= 4 is 5.95 Å². The van der Waals surface area contributed by atoms with Crippen molar-refractivity contribution in [3.63, 3.8) is 0 Å². The van der Waals surface area contributed by atoms with Crippen LogP contribution < -0.4 is 4.90 Å². The summed E-state index contributed by atoms with van der Waals surface area (Å²) in [7, 11) is 3.73. The number of anilines is 1. The molecule has 4 nitrogen and oxygen atoms in total. The fourth-order valence-corrected chi connectivity index (χ4v) is 1.19. The van der Waals surface area contributed by atoms with Gasteiger partial charge in [-0.25, -0.2) is 4.98 Å². The Morgan fingerprint density at radius 1 is 1.00 bits per heavy atom. The van der Waals surface area contributed by atoms with Crippen molar-refractivity contribution in [2.45, 2.75) is 0 Å². The summed E-state index contributed by atoms with van der Waals surface area (Å²) >= 11 is 0. The number of benzene rings is 1. The second-order valence-corrected chi connectivity index (χ2v) is 3.65. The van der Waals surface area contributed by atoms with E-state index >= 15 is 0 Å². The molecule has 1 heterocycles. The maximum atomic E-state index is 4.14. The molecule has 0 aliphatic rings. The standard InChI is InChI=1S/C13H12N4/c1-17(2)13-14-10-12(15-16-13)9-8-11-6-4-3-5-7-11/h3-7,10H,1-2H3. The summed E-state index contributed by atoms with van der Waals surface area (Å²) in [6, 6.07) is 9.74. The molecule has 1 aromatic heterocycles. The average molecular weight is 224 g/mol. The lowest BCUT2D eigenvalue weighted by molar-refractivity contribution is 0.897. The maximum Gasteiger partial charge on any atom is 0.244 e. The molecule has 0 radical (unpaired) electrons. The zero-order valence-electron chi connectivity index (χ0n) is 9.75. The number of hydrogen-bond acceptors (Lipinski definition) is 4. The lowest BCUT2D eigenvalue weighted by Gasteiger charge is -2.06. The van der Waals surface area contributed by atoms with Crippen LogP contribution in [-0.4, -0.2) is 29.3 Å². The monoisotopic (exact) mass is 224 g/mol. The van der Waals surface area contributed by atoms with Gasteiger partial charge in [0.25, 0.3) is 0 Å². The van der Waals surface area contributed by atoms with Gasteiger partial charge < -0.3 is 4.90 Å². The molecule has 0 N–H and O–H groups in total. The molecule has 0 fully saturated rings. The van der Waals surface area contributed by atoms with E-state index in [0.29, 0.717) is 11.6 Å². The summed E-state index contributed by atoms with van der Waals surface area (Å²) in [5.74, 6) is 6.50. The van der Waals surface area contributed by atoms with Crippen LogP contribution >= 0.6 is 0 Å². The summed E-state index contributed by atoms with van der Waals surface area (Å²) in [4.78, 5) is 5.93. The predicted octanol–water partition coefficient (Wildman–Crippen LogP) is 1.34. The van der Waals surface area contributed by atoms with E-state index in [9.17, 15) is 0 Å². The summed E-state index contributed by atoms with van der Waals surface area (Å²) in [6.45, 7) is 0. The molecule has 17 heavy (non-hydrogen) atoms. The van der Waals surface area contributed by atoms with Gasteiger partial charge in [-0.2, -0.15) is 0 Å². The molecule has 1 aromatic carbocycles. The van der Waals surface area contributed by atoms with Gasteiger partial charge in [0.2, 0.25) is 5.95 Å². The van der Waals surface area contributed by atoms with Crippen molar-refractivity contribution in [2.75, 3.05) is 19.0 Å². The van der Waals surface area contributed by atoms with E-state index < -0.39 is 0 Å². The molecule has 0 atom stereocenters. The van der Waals surface area contributed by atoms with Crippen LogP contribution in [0.4, 0.5) is 5.95 Å². The van der Waals surface area contributed by atoms with Crippen molar-refractivity contribution in [3.8, 4) is 11.8 Å². The molecule has 0 bridgehead atoms. The Hall–Kier alpha value is -2.41. The highest BCUT2D eigenvalue weighted by molar-refractivity contribution is 5.39. The Labute approximate surface area is 100 Å². The van der Waals surface area contributed by atoms with Gasteiger partial charge >= 0.3 is 0 Å². The third kappa shape index (κ3) is 3.02. The summed E-state index contributed by atoms with van der Waals surface area (Å²) in [5, 5.41) is 7.94. The molecule has 0 amide bonds. The zero-order chi connectivity index (χ0) is 12.1. The van der Waals surface area contributed by atoms with Crippen LogP contribution in [0, 0.1) is 11.8 Å². The minimum absolute atomic E-state index is 0.569. The van der Waals surface area contributed by atoms with Gasteiger partial charge in [0.1, 0.15) is 0 Å². The minimum atomic E-state index is 0.569. The molecule has 0 aliphatic carbocycles. The van der Waals surface area contributed by atoms with Gasteiger partial charge in [0.15, 0.2) is 5.69 Å². The summed E-state index contributed by atoms with van der Waals surface area (Å²) < 4.78 is 0. The first-order valence-electron chi connectivity index (χ1n) is 5.20. The first-order valence-corrected chi connectivity index (χ1v) is 5.20. The molecule has 84 valence electrons. The molecule has 4 heteroatoms. The molecule has 2 rings (SSSR count). The summed E-state index contributed by atoms with van der Waals surface area (Å²) in [5.41, 5.74) is 1.52. The van der Waals surface area contributed by atoms with Crippen LogP contribution in [0.2, 0.25) is 0 Å². The zero-order valence-corrected chi connectivity index (χ0v) is 9.75. The Kier molecular flexibility index (Phi) is 3.31. The number of rotatable bonds is 1. The van der Waals surface area contributed by atoms with E-state index in [-0.39, 0.29) is 0 Å². The van der Waals surface area contributed by atoms with E-state index in [2.05, 4.69) is 27.0 Å². The molecular formula is C13H12N4. The molecule has 2 aromatic rings. The van der Waals surface area contributed by atoms with Gasteiger partial charge in [-0.1, -0.05) is 24.1 Å². The smallest absolute Gasteiger partial charge is 0.244 e. The van der Waals surface area contributed by atoms with Crippen molar-refractivity contribution in [2.24, 2.45) is 0 Å². The number of aromatic nitrogens is 3. The van der Waals surface area contributed by atoms with Gasteiger partial charge in [-0.15, -0.1) is 10.2 Å². The van der Waals surface area contributed by atoms with Gasteiger partial charge in [0, 0.05) is 19.7 Å². The van der Waals surface area contributed by atoms with E-state index in [0.717, 1.165) is 5.56 Å². The van der Waals surface area contributed by atoms with Crippen molar-refractivity contribution in [1.82, 2.24) is 15.2 Å². The van der Waals surface area contributed by atoms with E-state index in [1.807, 2.05) is 44.4 Å². The number of hydrogen-bond donors (Lipinski definition) is 0. The van der Waals surface area contributed by atoms with Crippen LogP contribution in [0.3, 0.4) is 0 Å². The van der Waals surface area contributed by atoms with Gasteiger partial charge in [-0.05, 0) is 18.1 Å². The first-order chi connectivity index (χ1) is 8.25. The van der Waals surface area contributed by atoms with E-state index in [4.69, 9.17) is 0 Å². The van der Waals surface area contributed by atoms with Crippen molar-refractivity contribution < 1.29 is 0 Å². The van der Waals surface area contributed by atoms with Crippen molar-refractivity contribution in [3.05, 3.63) is 47.8 Å². The van der Waals surface area contributed by atoms with Crippen LogP contribution in [0.25, 0.3) is 0 Å². The highest BCUT2D eigenvalue weighted by Crippen LogP contribution is 1.99. The number of nitrogens with zero attached hydrogens (tertiary/aromatic N) is 4. The largest absolute Gasteiger partial charge is 0.346 e. The van der Waals surface area contributed by atoms with Gasteiger partial charge in [-0.3, -0.25) is 0 Å². The molecule has 0 saturated heterocycles. The maximum absolute atomic E-state index is 4.14. The third-order valence-electron chi connectivity index (χ3n) is 2.06. The second kappa shape index (κ2) is 5.08. The highest BCUT2D eigenvalue weighted by atomic mass is 15.3. The van der Waals surface area contributed by atoms with Crippen LogP contribution in [0.1, 0.15) is 11.3 Å². The van der Waals surface area contributed by atoms with Gasteiger partial charge in [0.05, 0.1) is 6.20 Å². The highest BCUT2D eigenvalue weighted by Gasteiger charge is 1.98. The van der Waals surface area contributed by atoms with E-state index in [1.165, 1.54) is 0 Å². The van der Waals surface area contributed by atoms with Crippen molar-refractivity contribution in [1.29, 1.82) is 0 Å². The lowest BCUT2D eigenvalue weighted by Crippen LogP contribution is -2.13. The Morgan fingerprint density at radius 2 is 1.76 bits per heavy atom. The molecule has 0 aliphatic heterocycles. The SMILES string of the molecule is CN(C)c1ncc(C#Cc2ccccc2)nn1. The predicted molar refractivity (Wildman–Crippen MR) is 66.6 cm³/mol. The van der Waals surface area contributed by atoms with Crippen LogP contribution in [0.5, 0.6) is 0 Å². The Morgan fingerprint density at radius 3 is 2.35 bits per heavy atom. The van der Waals surface area contributed by atoms with Crippen LogP contribution in [0.15, 0.2) is 36.5 Å². The molecular weight excluding hydrogens is 212 g/mol. The lowest BCUT2D eigenvalue weighted by atomic mass is 10.2. The molecule has 0 spiro atoms. The average Bonchev–Trinajstić information content (AvgIpc) is 2.38.